The lowest BCUT2D eigenvalue weighted by Crippen LogP contribution is -2.33. The van der Waals surface area contributed by atoms with Gasteiger partial charge in [-0.1, -0.05) is 6.07 Å². The summed E-state index contributed by atoms with van der Waals surface area (Å²) >= 11 is 0. The Labute approximate surface area is 134 Å². The number of para-hydroxylation sites is 1. The number of halogens is 1. The molecule has 1 aliphatic rings. The van der Waals surface area contributed by atoms with E-state index in [9.17, 15) is 4.39 Å². The lowest BCUT2D eigenvalue weighted by atomic mass is 10.2. The Morgan fingerprint density at radius 2 is 2.30 bits per heavy atom. The van der Waals surface area contributed by atoms with E-state index in [1.165, 1.54) is 18.1 Å². The molecule has 0 aliphatic carbocycles. The minimum atomic E-state index is -0.269. The number of benzene rings is 1. The van der Waals surface area contributed by atoms with Gasteiger partial charge in [-0.15, -0.1) is 0 Å². The van der Waals surface area contributed by atoms with E-state index < -0.39 is 0 Å². The summed E-state index contributed by atoms with van der Waals surface area (Å²) in [5.74, 6) is 0.559. The molecule has 1 aromatic carbocycles. The highest BCUT2D eigenvalue weighted by molar-refractivity contribution is 5.75. The van der Waals surface area contributed by atoms with Crippen molar-refractivity contribution in [3.05, 3.63) is 47.8 Å². The van der Waals surface area contributed by atoms with Crippen LogP contribution >= 0.6 is 0 Å². The average molecular weight is 313 g/mol. The van der Waals surface area contributed by atoms with Crippen LogP contribution in [0, 0.1) is 12.7 Å². The molecule has 0 unspecified atom stereocenters. The third-order valence-electron chi connectivity index (χ3n) is 4.52. The van der Waals surface area contributed by atoms with Gasteiger partial charge in [-0.25, -0.2) is 9.37 Å². The van der Waals surface area contributed by atoms with Crippen LogP contribution in [0.25, 0.3) is 11.0 Å². The SMILES string of the molecule is Cc1cnn(C[C@@H]2CCCN2Cc2nc3c(F)cccc3[nH]2)c1. The molecule has 2 aromatic heterocycles. The number of aromatic amines is 1. The third kappa shape index (κ3) is 2.86. The van der Waals surface area contributed by atoms with Crippen molar-refractivity contribution < 1.29 is 4.39 Å². The van der Waals surface area contributed by atoms with Crippen LogP contribution in [0.4, 0.5) is 4.39 Å². The Kier molecular flexibility index (Phi) is 3.61. The largest absolute Gasteiger partial charge is 0.341 e. The molecule has 0 bridgehead atoms. The highest BCUT2D eigenvalue weighted by atomic mass is 19.1. The first kappa shape index (κ1) is 14.4. The lowest BCUT2D eigenvalue weighted by molar-refractivity contribution is 0.215. The van der Waals surface area contributed by atoms with Crippen molar-refractivity contribution in [2.75, 3.05) is 6.54 Å². The maximum atomic E-state index is 13.8. The van der Waals surface area contributed by atoms with Gasteiger partial charge in [-0.2, -0.15) is 5.10 Å². The topological polar surface area (TPSA) is 49.7 Å². The highest BCUT2D eigenvalue weighted by Crippen LogP contribution is 2.22. The second-order valence-corrected chi connectivity index (χ2v) is 6.33. The summed E-state index contributed by atoms with van der Waals surface area (Å²) < 4.78 is 15.8. The molecule has 1 atom stereocenters. The smallest absolute Gasteiger partial charge is 0.151 e. The number of aromatic nitrogens is 4. The molecule has 5 nitrogen and oxygen atoms in total. The van der Waals surface area contributed by atoms with Crippen molar-refractivity contribution in [3.8, 4) is 0 Å². The summed E-state index contributed by atoms with van der Waals surface area (Å²) in [6.07, 6.45) is 6.31. The van der Waals surface area contributed by atoms with Crippen LogP contribution in [0.3, 0.4) is 0 Å². The fourth-order valence-electron chi connectivity index (χ4n) is 3.41. The zero-order chi connectivity index (χ0) is 15.8. The van der Waals surface area contributed by atoms with Crippen LogP contribution in [-0.4, -0.2) is 37.2 Å². The number of nitrogens with zero attached hydrogens (tertiary/aromatic N) is 4. The van der Waals surface area contributed by atoms with Crippen LogP contribution in [0.15, 0.2) is 30.6 Å². The van der Waals surface area contributed by atoms with E-state index in [4.69, 9.17) is 0 Å². The molecular formula is C17H20FN5. The number of aryl methyl sites for hydroxylation is 1. The molecule has 0 amide bonds. The molecular weight excluding hydrogens is 293 g/mol. The molecule has 1 N–H and O–H groups in total. The van der Waals surface area contributed by atoms with Crippen LogP contribution in [0.2, 0.25) is 0 Å². The first-order valence-corrected chi connectivity index (χ1v) is 8.05. The normalized spacial score (nSPS) is 19.0. The summed E-state index contributed by atoms with van der Waals surface area (Å²) in [6.45, 7) is 4.71. The fourth-order valence-corrected chi connectivity index (χ4v) is 3.41. The van der Waals surface area contributed by atoms with E-state index in [0.717, 1.165) is 37.4 Å². The van der Waals surface area contributed by atoms with Gasteiger partial charge in [-0.3, -0.25) is 9.58 Å². The van der Waals surface area contributed by atoms with E-state index in [1.807, 2.05) is 16.9 Å². The zero-order valence-electron chi connectivity index (χ0n) is 13.2. The van der Waals surface area contributed by atoms with Gasteiger partial charge in [0.05, 0.1) is 24.8 Å². The first-order chi connectivity index (χ1) is 11.2. The highest BCUT2D eigenvalue weighted by Gasteiger charge is 2.26. The predicted octanol–water partition coefficient (Wildman–Crippen LogP) is 2.87. The zero-order valence-corrected chi connectivity index (χ0v) is 13.2. The Hall–Kier alpha value is -2.21. The molecule has 3 aromatic rings. The minimum absolute atomic E-state index is 0.269. The maximum Gasteiger partial charge on any atom is 0.151 e. The Balaban J connectivity index is 1.51. The molecule has 23 heavy (non-hydrogen) atoms. The second kappa shape index (κ2) is 5.77. The Morgan fingerprint density at radius 1 is 1.39 bits per heavy atom. The molecule has 4 rings (SSSR count). The van der Waals surface area contributed by atoms with Crippen LogP contribution in [-0.2, 0) is 13.1 Å². The maximum absolute atomic E-state index is 13.8. The summed E-state index contributed by atoms with van der Waals surface area (Å²) in [5.41, 5.74) is 2.38. The number of likely N-dealkylation sites (tertiary alicyclic amines) is 1. The molecule has 3 heterocycles. The molecule has 1 saturated heterocycles. The monoisotopic (exact) mass is 313 g/mol. The van der Waals surface area contributed by atoms with Gasteiger partial charge in [0.25, 0.3) is 0 Å². The van der Waals surface area contributed by atoms with Crippen molar-refractivity contribution in [2.45, 2.75) is 38.9 Å². The van der Waals surface area contributed by atoms with E-state index in [0.29, 0.717) is 11.6 Å². The number of nitrogens with one attached hydrogen (secondary N) is 1. The third-order valence-corrected chi connectivity index (χ3v) is 4.52. The average Bonchev–Trinajstić information content (AvgIpc) is 3.22. The number of hydrogen-bond acceptors (Lipinski definition) is 3. The van der Waals surface area contributed by atoms with Crippen LogP contribution in [0.1, 0.15) is 24.2 Å². The fraction of sp³-hybridized carbons (Fsp3) is 0.412. The summed E-state index contributed by atoms with van der Waals surface area (Å²) in [5, 5.41) is 4.38. The van der Waals surface area contributed by atoms with Crippen molar-refractivity contribution >= 4 is 11.0 Å². The molecule has 1 fully saturated rings. The van der Waals surface area contributed by atoms with E-state index in [1.54, 1.807) is 6.07 Å². The van der Waals surface area contributed by atoms with E-state index in [2.05, 4.69) is 33.1 Å². The van der Waals surface area contributed by atoms with Gasteiger partial charge >= 0.3 is 0 Å². The molecule has 0 spiro atoms. The summed E-state index contributed by atoms with van der Waals surface area (Å²) in [7, 11) is 0. The summed E-state index contributed by atoms with van der Waals surface area (Å²) in [4.78, 5) is 10.1. The van der Waals surface area contributed by atoms with Crippen LogP contribution in [0.5, 0.6) is 0 Å². The van der Waals surface area contributed by atoms with Crippen molar-refractivity contribution in [1.29, 1.82) is 0 Å². The Morgan fingerprint density at radius 3 is 3.09 bits per heavy atom. The quantitative estimate of drug-likeness (QED) is 0.806. The van der Waals surface area contributed by atoms with Crippen LogP contribution < -0.4 is 0 Å². The predicted molar refractivity (Wildman–Crippen MR) is 86.4 cm³/mol. The van der Waals surface area contributed by atoms with E-state index in [-0.39, 0.29) is 5.82 Å². The van der Waals surface area contributed by atoms with E-state index >= 15 is 0 Å². The second-order valence-electron chi connectivity index (χ2n) is 6.33. The number of fused-ring (bicyclic) bond motifs is 1. The number of rotatable bonds is 4. The molecule has 0 saturated carbocycles. The van der Waals surface area contributed by atoms with Gasteiger partial charge < -0.3 is 4.98 Å². The molecule has 1 aliphatic heterocycles. The first-order valence-electron chi connectivity index (χ1n) is 8.05. The number of imidazole rings is 1. The molecule has 120 valence electrons. The Bertz CT molecular complexity index is 821. The van der Waals surface area contributed by atoms with Gasteiger partial charge in [0.1, 0.15) is 11.3 Å². The van der Waals surface area contributed by atoms with Crippen molar-refractivity contribution in [1.82, 2.24) is 24.6 Å². The summed E-state index contributed by atoms with van der Waals surface area (Å²) in [6, 6.07) is 5.47. The molecule has 0 radical (unpaired) electrons. The molecule has 6 heteroatoms. The minimum Gasteiger partial charge on any atom is -0.341 e. The van der Waals surface area contributed by atoms with Crippen molar-refractivity contribution in [3.63, 3.8) is 0 Å². The number of H-pyrrole nitrogens is 1. The van der Waals surface area contributed by atoms with Gasteiger partial charge in [-0.05, 0) is 44.0 Å². The van der Waals surface area contributed by atoms with Crippen molar-refractivity contribution in [2.24, 2.45) is 0 Å². The van der Waals surface area contributed by atoms with Gasteiger partial charge in [0.2, 0.25) is 0 Å². The standard InChI is InChI=1S/C17H20FN5/c1-12-8-19-23(9-12)10-13-4-3-7-22(13)11-16-20-15-6-2-5-14(18)17(15)21-16/h2,5-6,8-9,13H,3-4,7,10-11H2,1H3,(H,20,21)/t13-/m0/s1. The number of hydrogen-bond donors (Lipinski definition) is 1. The van der Waals surface area contributed by atoms with Gasteiger partial charge in [0.15, 0.2) is 5.82 Å². The lowest BCUT2D eigenvalue weighted by Gasteiger charge is -2.23. The van der Waals surface area contributed by atoms with Gasteiger partial charge in [0, 0.05) is 12.2 Å².